The van der Waals surface area contributed by atoms with E-state index in [2.05, 4.69) is 37.8 Å². The largest absolute Gasteiger partial charge is 0.475 e. The second-order valence-electron chi connectivity index (χ2n) is 8.05. The van der Waals surface area contributed by atoms with Gasteiger partial charge in [0.1, 0.15) is 23.9 Å². The molecule has 7 nitrogen and oxygen atoms in total. The lowest BCUT2D eigenvalue weighted by Gasteiger charge is -2.70. The Morgan fingerprint density at radius 2 is 1.97 bits per heavy atom. The highest BCUT2D eigenvalue weighted by Gasteiger charge is 2.67. The Morgan fingerprint density at radius 1 is 1.19 bits per heavy atom. The molecule has 0 bridgehead atoms. The van der Waals surface area contributed by atoms with Crippen molar-refractivity contribution < 1.29 is 18.3 Å². The van der Waals surface area contributed by atoms with Crippen LogP contribution in [-0.2, 0) is 0 Å². The Kier molecular flexibility index (Phi) is 5.56. The predicted molar refractivity (Wildman–Crippen MR) is 120 cm³/mol. The van der Waals surface area contributed by atoms with Crippen LogP contribution < -0.4 is 4.74 Å². The average molecular weight is 551 g/mol. The standard InChI is InChI=1S/C22H20F2IN5O2/c23-14-1-3-16(19(11-14)30-27-9-10-28-30)21(31)29-18(6-8-25)17-5-7-22(17,29)13-32-20-4-2-15(24)12-26-20/h1-4,9-12,17-18H,5-8,13H2/t17-,18?,22?/m0/s1. The molecule has 166 valence electrons. The van der Waals surface area contributed by atoms with Gasteiger partial charge in [-0.25, -0.2) is 13.8 Å². The molecular formula is C22H20F2IN5O2. The highest BCUT2D eigenvalue weighted by molar-refractivity contribution is 14.1. The van der Waals surface area contributed by atoms with E-state index in [-0.39, 0.29) is 18.6 Å². The fourth-order valence-electron chi connectivity index (χ4n) is 4.93. The average Bonchev–Trinajstić information content (AvgIpc) is 3.31. The number of aromatic nitrogens is 4. The fourth-order valence-corrected chi connectivity index (χ4v) is 5.57. The summed E-state index contributed by atoms with van der Waals surface area (Å²) in [6, 6.07) is 6.89. The number of amides is 1. The second-order valence-corrected chi connectivity index (χ2v) is 9.13. The van der Waals surface area contributed by atoms with E-state index in [9.17, 15) is 13.6 Å². The summed E-state index contributed by atoms with van der Waals surface area (Å²) in [6.07, 6.45) is 6.75. The Balaban J connectivity index is 1.46. The summed E-state index contributed by atoms with van der Waals surface area (Å²) in [7, 11) is 0. The van der Waals surface area contributed by atoms with Crippen molar-refractivity contribution in [3.63, 3.8) is 0 Å². The number of carbonyl (C=O) groups excluding carboxylic acids is 1. The number of alkyl halides is 1. The smallest absolute Gasteiger partial charge is 0.256 e. The van der Waals surface area contributed by atoms with E-state index in [1.807, 2.05) is 4.90 Å². The number of halogens is 3. The third kappa shape index (κ3) is 3.44. The van der Waals surface area contributed by atoms with Gasteiger partial charge in [-0.15, -0.1) is 0 Å². The summed E-state index contributed by atoms with van der Waals surface area (Å²) in [5.74, 6) is -0.453. The summed E-state index contributed by atoms with van der Waals surface area (Å²) < 4.78 is 34.0. The molecule has 3 aromatic rings. The van der Waals surface area contributed by atoms with Crippen LogP contribution in [0.2, 0.25) is 0 Å². The van der Waals surface area contributed by atoms with E-state index in [0.717, 1.165) is 29.9 Å². The minimum Gasteiger partial charge on any atom is -0.475 e. The fraction of sp³-hybridized carbons (Fsp3) is 0.364. The number of hydrogen-bond donors (Lipinski definition) is 0. The van der Waals surface area contributed by atoms with Crippen molar-refractivity contribution >= 4 is 28.5 Å². The Morgan fingerprint density at radius 3 is 2.62 bits per heavy atom. The van der Waals surface area contributed by atoms with Crippen LogP contribution in [0, 0.1) is 17.6 Å². The molecule has 2 aliphatic rings. The van der Waals surface area contributed by atoms with Gasteiger partial charge in [-0.1, -0.05) is 22.6 Å². The molecular weight excluding hydrogens is 531 g/mol. The third-order valence-corrected chi connectivity index (χ3v) is 7.10. The summed E-state index contributed by atoms with van der Waals surface area (Å²) in [5.41, 5.74) is 0.185. The maximum Gasteiger partial charge on any atom is 0.256 e. The minimum atomic E-state index is -0.469. The Bertz CT molecular complexity index is 1130. The van der Waals surface area contributed by atoms with Crippen molar-refractivity contribution in [2.75, 3.05) is 11.0 Å². The van der Waals surface area contributed by atoms with Gasteiger partial charge in [0.2, 0.25) is 5.88 Å². The van der Waals surface area contributed by atoms with Crippen LogP contribution in [0.5, 0.6) is 5.88 Å². The van der Waals surface area contributed by atoms with E-state index in [4.69, 9.17) is 4.74 Å². The highest BCUT2D eigenvalue weighted by Crippen LogP contribution is 2.58. The molecule has 3 atom stereocenters. The number of rotatable bonds is 7. The first kappa shape index (κ1) is 21.2. The monoisotopic (exact) mass is 551 g/mol. The van der Waals surface area contributed by atoms with E-state index in [1.54, 1.807) is 0 Å². The van der Waals surface area contributed by atoms with Gasteiger partial charge < -0.3 is 9.64 Å². The van der Waals surface area contributed by atoms with Gasteiger partial charge in [0.15, 0.2) is 0 Å². The SMILES string of the molecule is O=C(c1ccc(F)cc1-n1nccn1)N1C(CCI)[C@@H]2CCC21COc1ccc(F)cn1. The molecule has 1 aliphatic carbocycles. The molecule has 0 spiro atoms. The zero-order valence-corrected chi connectivity index (χ0v) is 19.2. The molecule has 3 heterocycles. The van der Waals surface area contributed by atoms with Crippen molar-refractivity contribution in [1.29, 1.82) is 0 Å². The number of hydrogen-bond acceptors (Lipinski definition) is 5. The van der Waals surface area contributed by atoms with Gasteiger partial charge in [0.05, 0.1) is 29.7 Å². The summed E-state index contributed by atoms with van der Waals surface area (Å²) >= 11 is 2.32. The molecule has 0 radical (unpaired) electrons. The van der Waals surface area contributed by atoms with Crippen LogP contribution in [-0.4, -0.2) is 53.4 Å². The zero-order valence-electron chi connectivity index (χ0n) is 17.0. The van der Waals surface area contributed by atoms with E-state index < -0.39 is 17.2 Å². The molecule has 32 heavy (non-hydrogen) atoms. The molecule has 1 aromatic carbocycles. The summed E-state index contributed by atoms with van der Waals surface area (Å²) in [5, 5.41) is 8.16. The zero-order chi connectivity index (χ0) is 22.3. The van der Waals surface area contributed by atoms with Gasteiger partial charge in [-0.3, -0.25) is 4.79 Å². The number of piperidine rings is 1. The number of benzene rings is 1. The molecule has 2 aromatic heterocycles. The molecule has 1 saturated heterocycles. The Labute approximate surface area is 196 Å². The maximum absolute atomic E-state index is 14.0. The van der Waals surface area contributed by atoms with Crippen molar-refractivity contribution in [3.8, 4) is 11.6 Å². The first-order valence-corrected chi connectivity index (χ1v) is 11.9. The van der Waals surface area contributed by atoms with Crippen molar-refractivity contribution in [3.05, 3.63) is 66.1 Å². The number of ether oxygens (including phenoxy) is 1. The van der Waals surface area contributed by atoms with Gasteiger partial charge >= 0.3 is 0 Å². The first-order valence-electron chi connectivity index (χ1n) is 10.3. The molecule has 1 aliphatic heterocycles. The maximum atomic E-state index is 14.0. The number of carbonyl (C=O) groups is 1. The summed E-state index contributed by atoms with van der Waals surface area (Å²) in [4.78, 5) is 20.9. The van der Waals surface area contributed by atoms with Crippen molar-refractivity contribution in [2.45, 2.75) is 30.8 Å². The lowest BCUT2D eigenvalue weighted by atomic mass is 9.54. The van der Waals surface area contributed by atoms with Gasteiger partial charge in [0.25, 0.3) is 5.91 Å². The van der Waals surface area contributed by atoms with Crippen LogP contribution in [0.15, 0.2) is 48.9 Å². The Hall–Kier alpha value is -2.63. The number of likely N-dealkylation sites (tertiary alicyclic amines) is 1. The van der Waals surface area contributed by atoms with Crippen LogP contribution in [0.4, 0.5) is 8.78 Å². The van der Waals surface area contributed by atoms with Crippen LogP contribution in [0.1, 0.15) is 29.6 Å². The van der Waals surface area contributed by atoms with Gasteiger partial charge in [0, 0.05) is 28.5 Å². The molecule has 1 amide bonds. The number of fused-ring (bicyclic) bond motifs is 1. The van der Waals surface area contributed by atoms with E-state index in [0.29, 0.717) is 23.0 Å². The van der Waals surface area contributed by atoms with Gasteiger partial charge in [-0.2, -0.15) is 15.0 Å². The number of pyridine rings is 1. The van der Waals surface area contributed by atoms with E-state index >= 15 is 0 Å². The van der Waals surface area contributed by atoms with Crippen LogP contribution in [0.25, 0.3) is 5.69 Å². The lowest BCUT2D eigenvalue weighted by Crippen LogP contribution is -2.81. The number of nitrogens with zero attached hydrogens (tertiary/aromatic N) is 5. The molecule has 2 unspecified atom stereocenters. The molecule has 5 rings (SSSR count). The van der Waals surface area contributed by atoms with Crippen molar-refractivity contribution in [2.24, 2.45) is 5.92 Å². The molecule has 1 saturated carbocycles. The lowest BCUT2D eigenvalue weighted by molar-refractivity contribution is -0.190. The third-order valence-electron chi connectivity index (χ3n) is 6.47. The minimum absolute atomic E-state index is 0.0846. The van der Waals surface area contributed by atoms with Gasteiger partial charge in [-0.05, 0) is 37.5 Å². The second kappa shape index (κ2) is 8.38. The van der Waals surface area contributed by atoms with E-state index in [1.165, 1.54) is 47.5 Å². The normalized spacial score (nSPS) is 23.8. The van der Waals surface area contributed by atoms with Crippen LogP contribution >= 0.6 is 22.6 Å². The molecule has 2 fully saturated rings. The van der Waals surface area contributed by atoms with Crippen LogP contribution in [0.3, 0.4) is 0 Å². The quantitative estimate of drug-likeness (QED) is 0.330. The first-order chi connectivity index (χ1) is 15.5. The van der Waals surface area contributed by atoms with Crippen molar-refractivity contribution in [1.82, 2.24) is 24.9 Å². The highest BCUT2D eigenvalue weighted by atomic mass is 127. The molecule has 10 heteroatoms. The predicted octanol–water partition coefficient (Wildman–Crippen LogP) is 3.82. The topological polar surface area (TPSA) is 73.1 Å². The summed E-state index contributed by atoms with van der Waals surface area (Å²) in [6.45, 7) is 0.274. The molecule has 0 N–H and O–H groups in total.